The van der Waals surface area contributed by atoms with Gasteiger partial charge in [0.15, 0.2) is 5.69 Å². The van der Waals surface area contributed by atoms with Crippen molar-refractivity contribution in [2.75, 3.05) is 0 Å². The van der Waals surface area contributed by atoms with Gasteiger partial charge in [0.25, 0.3) is 11.5 Å². The SMILES string of the molecule is CC(C)Cn1nc(C(=O)NCc2ccc(OC(C)C)nc2)c2ccccc2c1=O. The number of amides is 1. The molecule has 2 aromatic heterocycles. The topological polar surface area (TPSA) is 86.1 Å². The Bertz CT molecular complexity index is 1060. The number of carbonyl (C=O) groups is 1. The average Bonchev–Trinajstić information content (AvgIpc) is 2.68. The van der Waals surface area contributed by atoms with Crippen LogP contribution in [0.1, 0.15) is 43.7 Å². The summed E-state index contributed by atoms with van der Waals surface area (Å²) < 4.78 is 6.90. The second kappa shape index (κ2) is 8.86. The van der Waals surface area contributed by atoms with Gasteiger partial charge in [-0.05, 0) is 31.4 Å². The molecule has 152 valence electrons. The van der Waals surface area contributed by atoms with Gasteiger partial charge >= 0.3 is 0 Å². The molecule has 3 aromatic rings. The molecule has 7 nitrogen and oxygen atoms in total. The molecule has 0 bridgehead atoms. The predicted octanol–water partition coefficient (Wildman–Crippen LogP) is 3.16. The maximum atomic E-state index is 12.9. The van der Waals surface area contributed by atoms with E-state index in [9.17, 15) is 9.59 Å². The molecule has 0 radical (unpaired) electrons. The molecule has 0 aliphatic carbocycles. The van der Waals surface area contributed by atoms with Crippen molar-refractivity contribution in [1.82, 2.24) is 20.1 Å². The van der Waals surface area contributed by atoms with Crippen LogP contribution in [0.5, 0.6) is 5.88 Å². The number of pyridine rings is 1. The Morgan fingerprint density at radius 1 is 1.10 bits per heavy atom. The van der Waals surface area contributed by atoms with Crippen LogP contribution in [0.2, 0.25) is 0 Å². The molecule has 7 heteroatoms. The number of carbonyl (C=O) groups excluding carboxylic acids is 1. The van der Waals surface area contributed by atoms with E-state index in [0.717, 1.165) is 5.56 Å². The second-order valence-corrected chi connectivity index (χ2v) is 7.63. The summed E-state index contributed by atoms with van der Waals surface area (Å²) in [6.07, 6.45) is 1.72. The van der Waals surface area contributed by atoms with Crippen molar-refractivity contribution in [1.29, 1.82) is 0 Å². The lowest BCUT2D eigenvalue weighted by atomic mass is 10.1. The van der Waals surface area contributed by atoms with Crippen LogP contribution < -0.4 is 15.6 Å². The summed E-state index contributed by atoms with van der Waals surface area (Å²) in [5.74, 6) is 0.444. The Morgan fingerprint density at radius 3 is 2.45 bits per heavy atom. The van der Waals surface area contributed by atoms with E-state index in [1.165, 1.54) is 4.68 Å². The number of aromatic nitrogens is 3. The molecule has 1 aromatic carbocycles. The molecule has 1 amide bonds. The number of nitrogens with zero attached hydrogens (tertiary/aromatic N) is 3. The van der Waals surface area contributed by atoms with Gasteiger partial charge in [0.1, 0.15) is 0 Å². The minimum Gasteiger partial charge on any atom is -0.475 e. The number of hydrogen-bond donors (Lipinski definition) is 1. The first-order valence-corrected chi connectivity index (χ1v) is 9.74. The Kier molecular flexibility index (Phi) is 6.26. The van der Waals surface area contributed by atoms with Crippen LogP contribution in [-0.2, 0) is 13.1 Å². The number of fused-ring (bicyclic) bond motifs is 1. The van der Waals surface area contributed by atoms with Crippen molar-refractivity contribution in [3.63, 3.8) is 0 Å². The zero-order chi connectivity index (χ0) is 21.0. The van der Waals surface area contributed by atoms with E-state index in [-0.39, 0.29) is 29.2 Å². The molecule has 0 aliphatic heterocycles. The van der Waals surface area contributed by atoms with Crippen LogP contribution in [0.25, 0.3) is 10.8 Å². The molecule has 0 unspecified atom stereocenters. The monoisotopic (exact) mass is 394 g/mol. The lowest BCUT2D eigenvalue weighted by molar-refractivity contribution is 0.0945. The zero-order valence-corrected chi connectivity index (χ0v) is 17.2. The van der Waals surface area contributed by atoms with E-state index in [0.29, 0.717) is 29.7 Å². The molecule has 3 rings (SSSR count). The summed E-state index contributed by atoms with van der Waals surface area (Å²) in [5, 5.41) is 8.27. The number of ether oxygens (including phenoxy) is 1. The summed E-state index contributed by atoms with van der Waals surface area (Å²) in [6.45, 7) is 8.63. The fraction of sp³-hybridized carbons (Fsp3) is 0.364. The third-order valence-electron chi connectivity index (χ3n) is 4.23. The van der Waals surface area contributed by atoms with Gasteiger partial charge in [0, 0.05) is 30.7 Å². The van der Waals surface area contributed by atoms with Crippen LogP contribution >= 0.6 is 0 Å². The average molecular weight is 394 g/mol. The third kappa shape index (κ3) is 4.99. The van der Waals surface area contributed by atoms with Crippen molar-refractivity contribution >= 4 is 16.7 Å². The van der Waals surface area contributed by atoms with Gasteiger partial charge in [-0.1, -0.05) is 38.1 Å². The van der Waals surface area contributed by atoms with Gasteiger partial charge in [-0.2, -0.15) is 5.10 Å². The molecule has 0 saturated heterocycles. The van der Waals surface area contributed by atoms with Crippen LogP contribution in [0, 0.1) is 5.92 Å². The summed E-state index contributed by atoms with van der Waals surface area (Å²) in [7, 11) is 0. The molecule has 0 spiro atoms. The molecule has 2 heterocycles. The summed E-state index contributed by atoms with van der Waals surface area (Å²) >= 11 is 0. The largest absolute Gasteiger partial charge is 0.475 e. The molecule has 0 atom stereocenters. The van der Waals surface area contributed by atoms with Crippen molar-refractivity contribution in [2.24, 2.45) is 5.92 Å². The van der Waals surface area contributed by atoms with E-state index in [1.54, 1.807) is 36.5 Å². The van der Waals surface area contributed by atoms with Gasteiger partial charge in [0.2, 0.25) is 5.88 Å². The number of benzene rings is 1. The fourth-order valence-electron chi connectivity index (χ4n) is 2.97. The van der Waals surface area contributed by atoms with E-state index < -0.39 is 0 Å². The van der Waals surface area contributed by atoms with Crippen molar-refractivity contribution < 1.29 is 9.53 Å². The molecule has 0 fully saturated rings. The standard InChI is InChI=1S/C22H26N4O3/c1-14(2)13-26-22(28)18-8-6-5-7-17(18)20(25-26)21(27)24-12-16-9-10-19(23-11-16)29-15(3)4/h5-11,14-15H,12-13H2,1-4H3,(H,24,27). The highest BCUT2D eigenvalue weighted by molar-refractivity contribution is 6.04. The maximum Gasteiger partial charge on any atom is 0.274 e. The maximum absolute atomic E-state index is 12.9. The minimum atomic E-state index is -0.332. The lowest BCUT2D eigenvalue weighted by Crippen LogP contribution is -2.31. The summed E-state index contributed by atoms with van der Waals surface area (Å²) in [4.78, 5) is 29.8. The van der Waals surface area contributed by atoms with Crippen LogP contribution in [0.15, 0.2) is 47.4 Å². The van der Waals surface area contributed by atoms with Crippen molar-refractivity contribution in [3.05, 3.63) is 64.2 Å². The summed E-state index contributed by atoms with van der Waals surface area (Å²) in [6, 6.07) is 10.7. The van der Waals surface area contributed by atoms with Gasteiger partial charge in [0.05, 0.1) is 11.5 Å². The zero-order valence-electron chi connectivity index (χ0n) is 17.2. The first-order chi connectivity index (χ1) is 13.8. The number of rotatable bonds is 7. The first-order valence-electron chi connectivity index (χ1n) is 9.74. The molecular weight excluding hydrogens is 368 g/mol. The molecule has 29 heavy (non-hydrogen) atoms. The predicted molar refractivity (Wildman–Crippen MR) is 112 cm³/mol. The normalized spacial score (nSPS) is 11.2. The quantitative estimate of drug-likeness (QED) is 0.665. The highest BCUT2D eigenvalue weighted by Gasteiger charge is 2.17. The third-order valence-corrected chi connectivity index (χ3v) is 4.23. The van der Waals surface area contributed by atoms with Crippen LogP contribution in [0.4, 0.5) is 0 Å². The Hall–Kier alpha value is -3.22. The molecule has 0 saturated carbocycles. The van der Waals surface area contributed by atoms with Gasteiger partial charge in [-0.25, -0.2) is 9.67 Å². The number of nitrogens with one attached hydrogen (secondary N) is 1. The van der Waals surface area contributed by atoms with Gasteiger partial charge in [-0.15, -0.1) is 0 Å². The molecular formula is C22H26N4O3. The highest BCUT2D eigenvalue weighted by Crippen LogP contribution is 2.14. The molecule has 0 aliphatic rings. The van der Waals surface area contributed by atoms with Gasteiger partial charge in [-0.3, -0.25) is 9.59 Å². The van der Waals surface area contributed by atoms with Crippen molar-refractivity contribution in [2.45, 2.75) is 46.9 Å². The van der Waals surface area contributed by atoms with Crippen LogP contribution in [0.3, 0.4) is 0 Å². The fourth-order valence-corrected chi connectivity index (χ4v) is 2.97. The minimum absolute atomic E-state index is 0.0499. The van der Waals surface area contributed by atoms with E-state index >= 15 is 0 Å². The molecule has 1 N–H and O–H groups in total. The smallest absolute Gasteiger partial charge is 0.274 e. The summed E-state index contributed by atoms with van der Waals surface area (Å²) in [5.41, 5.74) is 0.902. The second-order valence-electron chi connectivity index (χ2n) is 7.63. The van der Waals surface area contributed by atoms with Gasteiger partial charge < -0.3 is 10.1 Å². The van der Waals surface area contributed by atoms with E-state index in [1.807, 2.05) is 33.8 Å². The Labute approximate surface area is 169 Å². The van der Waals surface area contributed by atoms with Crippen molar-refractivity contribution in [3.8, 4) is 5.88 Å². The van der Waals surface area contributed by atoms with E-state index in [2.05, 4.69) is 15.4 Å². The number of hydrogen-bond acceptors (Lipinski definition) is 5. The Morgan fingerprint density at radius 2 is 1.83 bits per heavy atom. The Balaban J connectivity index is 1.83. The highest BCUT2D eigenvalue weighted by atomic mass is 16.5. The van der Waals surface area contributed by atoms with E-state index in [4.69, 9.17) is 4.74 Å². The first kappa shape index (κ1) is 20.5. The van der Waals surface area contributed by atoms with Crippen LogP contribution in [-0.4, -0.2) is 26.8 Å². The lowest BCUT2D eigenvalue weighted by Gasteiger charge is -2.13.